The van der Waals surface area contributed by atoms with Crippen molar-refractivity contribution >= 4 is 26.8 Å². The molecule has 7 nitrogen and oxygen atoms in total. The van der Waals surface area contributed by atoms with Crippen LogP contribution in [0.3, 0.4) is 0 Å². The Morgan fingerprint density at radius 2 is 1.74 bits per heavy atom. The number of sulfonamides is 1. The number of fused-ring (bicyclic) bond motifs is 1. The van der Waals surface area contributed by atoms with Crippen LogP contribution >= 0.6 is 0 Å². The summed E-state index contributed by atoms with van der Waals surface area (Å²) in [6, 6.07) is 21.8. The molecule has 4 aromatic rings. The fourth-order valence-corrected chi connectivity index (χ4v) is 4.17. The van der Waals surface area contributed by atoms with Crippen molar-refractivity contribution in [3.8, 4) is 5.69 Å². The van der Waals surface area contributed by atoms with Crippen LogP contribution in [0.1, 0.15) is 12.0 Å². The lowest BCUT2D eigenvalue weighted by molar-refractivity contribution is -0.144. The van der Waals surface area contributed by atoms with E-state index in [0.717, 1.165) is 22.0 Å². The molecule has 0 spiro atoms. The minimum absolute atomic E-state index is 0.0355. The van der Waals surface area contributed by atoms with Crippen LogP contribution in [0.15, 0.2) is 90.1 Å². The molecule has 8 heteroatoms. The molecule has 0 aliphatic heterocycles. The molecule has 4 rings (SSSR count). The number of aromatic nitrogens is 2. The molecule has 0 amide bonds. The Morgan fingerprint density at radius 1 is 0.968 bits per heavy atom. The Labute approximate surface area is 180 Å². The summed E-state index contributed by atoms with van der Waals surface area (Å²) in [6.07, 6.45) is 3.48. The molecule has 3 aromatic carbocycles. The van der Waals surface area contributed by atoms with Gasteiger partial charge in [0.1, 0.15) is 6.61 Å². The van der Waals surface area contributed by atoms with E-state index in [1.807, 2.05) is 60.8 Å². The molecule has 0 aliphatic rings. The highest BCUT2D eigenvalue weighted by molar-refractivity contribution is 7.89. The number of ether oxygens (including phenoxy) is 1. The largest absolute Gasteiger partial charge is 0.461 e. The van der Waals surface area contributed by atoms with Crippen molar-refractivity contribution < 1.29 is 17.9 Å². The molecule has 0 fully saturated rings. The van der Waals surface area contributed by atoms with Crippen LogP contribution in [0.4, 0.5) is 0 Å². The van der Waals surface area contributed by atoms with Gasteiger partial charge in [-0.3, -0.25) is 4.79 Å². The average molecular weight is 436 g/mol. The van der Waals surface area contributed by atoms with Gasteiger partial charge in [0.25, 0.3) is 0 Å². The zero-order valence-electron chi connectivity index (χ0n) is 16.6. The number of hydrogen-bond acceptors (Lipinski definition) is 5. The number of nitrogens with one attached hydrogen (secondary N) is 1. The fourth-order valence-electron chi connectivity index (χ4n) is 3.11. The van der Waals surface area contributed by atoms with Gasteiger partial charge in [0.05, 0.1) is 17.0 Å². The second-order valence-electron chi connectivity index (χ2n) is 6.93. The monoisotopic (exact) mass is 435 g/mol. The number of esters is 1. The van der Waals surface area contributed by atoms with Gasteiger partial charge in [-0.05, 0) is 46.7 Å². The zero-order chi connectivity index (χ0) is 21.7. The minimum atomic E-state index is -3.71. The van der Waals surface area contributed by atoms with E-state index in [2.05, 4.69) is 9.82 Å². The lowest BCUT2D eigenvalue weighted by atomic mass is 10.1. The van der Waals surface area contributed by atoms with E-state index < -0.39 is 16.0 Å². The molecule has 1 N–H and O–H groups in total. The quantitative estimate of drug-likeness (QED) is 0.428. The van der Waals surface area contributed by atoms with E-state index in [0.29, 0.717) is 0 Å². The van der Waals surface area contributed by atoms with E-state index >= 15 is 0 Å². The van der Waals surface area contributed by atoms with Gasteiger partial charge in [-0.2, -0.15) is 5.10 Å². The van der Waals surface area contributed by atoms with Gasteiger partial charge in [0, 0.05) is 18.9 Å². The molecule has 158 valence electrons. The second-order valence-corrected chi connectivity index (χ2v) is 8.70. The third-order valence-electron chi connectivity index (χ3n) is 4.76. The van der Waals surface area contributed by atoms with Crippen molar-refractivity contribution in [2.45, 2.75) is 17.9 Å². The summed E-state index contributed by atoms with van der Waals surface area (Å²) in [6.45, 7) is 0.0852. The molecular formula is C23H21N3O4S. The SMILES string of the molecule is O=C(CCNS(=O)(=O)c1ccc2ccccc2c1)OCc1ccc(-n2cccn2)cc1. The van der Waals surface area contributed by atoms with Gasteiger partial charge in [-0.1, -0.05) is 42.5 Å². The fraction of sp³-hybridized carbons (Fsp3) is 0.130. The lowest BCUT2D eigenvalue weighted by Gasteiger charge is -2.09. The van der Waals surface area contributed by atoms with Gasteiger partial charge in [0.2, 0.25) is 10.0 Å². The summed E-state index contributed by atoms with van der Waals surface area (Å²) in [5.74, 6) is -0.475. The first-order valence-corrected chi connectivity index (χ1v) is 11.2. The summed E-state index contributed by atoms with van der Waals surface area (Å²) < 4.78 is 34.4. The van der Waals surface area contributed by atoms with Crippen molar-refractivity contribution in [2.75, 3.05) is 6.54 Å². The Balaban J connectivity index is 1.26. The summed E-state index contributed by atoms with van der Waals surface area (Å²) in [4.78, 5) is 12.2. The third-order valence-corrected chi connectivity index (χ3v) is 6.22. The van der Waals surface area contributed by atoms with Crippen molar-refractivity contribution in [1.82, 2.24) is 14.5 Å². The molecular weight excluding hydrogens is 414 g/mol. The maximum absolute atomic E-state index is 12.5. The number of carbonyl (C=O) groups is 1. The molecule has 0 aliphatic carbocycles. The van der Waals surface area contributed by atoms with Crippen LogP contribution < -0.4 is 4.72 Å². The molecule has 0 atom stereocenters. The minimum Gasteiger partial charge on any atom is -0.461 e. The summed E-state index contributed by atoms with van der Waals surface area (Å²) in [7, 11) is -3.71. The molecule has 0 bridgehead atoms. The lowest BCUT2D eigenvalue weighted by Crippen LogP contribution is -2.26. The first kappa shape index (κ1) is 20.8. The Bertz CT molecular complexity index is 1280. The highest BCUT2D eigenvalue weighted by Gasteiger charge is 2.15. The van der Waals surface area contributed by atoms with Crippen LogP contribution in [0.2, 0.25) is 0 Å². The zero-order valence-corrected chi connectivity index (χ0v) is 17.5. The van der Waals surface area contributed by atoms with Gasteiger partial charge < -0.3 is 4.74 Å². The Kier molecular flexibility index (Phi) is 6.11. The van der Waals surface area contributed by atoms with Crippen molar-refractivity contribution in [3.63, 3.8) is 0 Å². The number of hydrogen-bond donors (Lipinski definition) is 1. The molecule has 0 radical (unpaired) electrons. The number of benzene rings is 3. The highest BCUT2D eigenvalue weighted by Crippen LogP contribution is 2.18. The van der Waals surface area contributed by atoms with E-state index in [4.69, 9.17) is 4.74 Å². The maximum atomic E-state index is 12.5. The summed E-state index contributed by atoms with van der Waals surface area (Å²) >= 11 is 0. The Hall–Kier alpha value is -3.49. The van der Waals surface area contributed by atoms with E-state index in [1.165, 1.54) is 0 Å². The van der Waals surface area contributed by atoms with E-state index in [-0.39, 0.29) is 24.5 Å². The topological polar surface area (TPSA) is 90.3 Å². The van der Waals surface area contributed by atoms with Crippen LogP contribution in [0.5, 0.6) is 0 Å². The maximum Gasteiger partial charge on any atom is 0.307 e. The number of rotatable bonds is 8. The summed E-state index contributed by atoms with van der Waals surface area (Å²) in [5, 5.41) is 5.95. The van der Waals surface area contributed by atoms with E-state index in [1.54, 1.807) is 29.1 Å². The molecule has 1 heterocycles. The van der Waals surface area contributed by atoms with Crippen LogP contribution in [-0.2, 0) is 26.2 Å². The van der Waals surface area contributed by atoms with Crippen molar-refractivity contribution in [1.29, 1.82) is 0 Å². The van der Waals surface area contributed by atoms with Gasteiger partial charge in [-0.15, -0.1) is 0 Å². The molecule has 0 unspecified atom stereocenters. The van der Waals surface area contributed by atoms with Gasteiger partial charge >= 0.3 is 5.97 Å². The molecule has 1 aromatic heterocycles. The predicted octanol–water partition coefficient (Wildman–Crippen LogP) is 3.44. The van der Waals surface area contributed by atoms with Crippen LogP contribution in [0, 0.1) is 0 Å². The second kappa shape index (κ2) is 9.11. The number of carbonyl (C=O) groups excluding carboxylic acids is 1. The van der Waals surface area contributed by atoms with Crippen LogP contribution in [-0.4, -0.2) is 30.7 Å². The smallest absolute Gasteiger partial charge is 0.307 e. The number of nitrogens with zero attached hydrogens (tertiary/aromatic N) is 2. The van der Waals surface area contributed by atoms with Crippen molar-refractivity contribution in [3.05, 3.63) is 90.8 Å². The average Bonchev–Trinajstić information content (AvgIpc) is 3.32. The summed E-state index contributed by atoms with van der Waals surface area (Å²) in [5.41, 5.74) is 1.74. The van der Waals surface area contributed by atoms with Crippen molar-refractivity contribution in [2.24, 2.45) is 0 Å². The highest BCUT2D eigenvalue weighted by atomic mass is 32.2. The van der Waals surface area contributed by atoms with Crippen LogP contribution in [0.25, 0.3) is 16.5 Å². The molecule has 0 saturated carbocycles. The molecule has 0 saturated heterocycles. The molecule has 31 heavy (non-hydrogen) atoms. The third kappa shape index (κ3) is 5.17. The first-order valence-electron chi connectivity index (χ1n) is 9.74. The van der Waals surface area contributed by atoms with E-state index in [9.17, 15) is 13.2 Å². The normalized spacial score (nSPS) is 11.5. The standard InChI is InChI=1S/C23H21N3O4S/c27-23(30-17-18-6-9-21(10-7-18)26-15-3-13-24-26)12-14-25-31(28,29)22-11-8-19-4-1-2-5-20(19)16-22/h1-11,13,15-16,25H,12,14,17H2. The van der Waals surface area contributed by atoms with Gasteiger partial charge in [0.15, 0.2) is 0 Å². The Morgan fingerprint density at radius 3 is 2.48 bits per heavy atom. The first-order chi connectivity index (χ1) is 15.0. The van der Waals surface area contributed by atoms with Gasteiger partial charge in [-0.25, -0.2) is 17.8 Å². The predicted molar refractivity (Wildman–Crippen MR) is 117 cm³/mol.